The molecule has 1 aromatic rings. The van der Waals surface area contributed by atoms with Crippen molar-refractivity contribution in [3.8, 4) is 0 Å². The van der Waals surface area contributed by atoms with Crippen LogP contribution in [0.4, 0.5) is 0 Å². The van der Waals surface area contributed by atoms with E-state index in [4.69, 9.17) is 0 Å². The maximum absolute atomic E-state index is 11.1. The Morgan fingerprint density at radius 1 is 0.917 bits per heavy atom. The van der Waals surface area contributed by atoms with E-state index in [0.29, 0.717) is 11.1 Å². The standard InChI is InChI=1S/C8H6N2O2/c11-7-5-2-1-3-6(4-5)8(12)10-9-7/h1-4H,(H,9,11)(H,10,12). The van der Waals surface area contributed by atoms with Crippen molar-refractivity contribution in [2.45, 2.75) is 0 Å². The van der Waals surface area contributed by atoms with Gasteiger partial charge in [0.2, 0.25) is 0 Å². The molecule has 1 heterocycles. The number of fused-ring (bicyclic) bond motifs is 2. The summed E-state index contributed by atoms with van der Waals surface area (Å²) < 4.78 is 0. The van der Waals surface area contributed by atoms with Gasteiger partial charge in [-0.3, -0.25) is 20.4 Å². The highest BCUT2D eigenvalue weighted by molar-refractivity contribution is 6.03. The highest BCUT2D eigenvalue weighted by atomic mass is 16.2. The van der Waals surface area contributed by atoms with Crippen molar-refractivity contribution < 1.29 is 9.59 Å². The summed E-state index contributed by atoms with van der Waals surface area (Å²) in [7, 11) is 0. The number of carbonyl (C=O) groups excluding carboxylic acids is 2. The van der Waals surface area contributed by atoms with Crippen molar-refractivity contribution in [2.24, 2.45) is 0 Å². The second-order valence-corrected chi connectivity index (χ2v) is 2.49. The van der Waals surface area contributed by atoms with Gasteiger partial charge in [0.25, 0.3) is 11.8 Å². The molecule has 2 rings (SSSR count). The topological polar surface area (TPSA) is 58.2 Å². The lowest BCUT2D eigenvalue weighted by Crippen LogP contribution is -2.39. The second kappa shape index (κ2) is 2.34. The molecule has 0 atom stereocenters. The third-order valence-corrected chi connectivity index (χ3v) is 1.68. The van der Waals surface area contributed by atoms with E-state index in [0.717, 1.165) is 0 Å². The van der Waals surface area contributed by atoms with Crippen LogP contribution in [0.25, 0.3) is 0 Å². The number of rotatable bonds is 0. The van der Waals surface area contributed by atoms with Crippen LogP contribution in [0.2, 0.25) is 0 Å². The van der Waals surface area contributed by atoms with Crippen molar-refractivity contribution in [1.82, 2.24) is 10.9 Å². The molecule has 2 bridgehead atoms. The Bertz CT molecular complexity index is 329. The van der Waals surface area contributed by atoms with Gasteiger partial charge in [0.05, 0.1) is 0 Å². The molecule has 60 valence electrons. The lowest BCUT2D eigenvalue weighted by atomic mass is 10.1. The van der Waals surface area contributed by atoms with E-state index in [1.807, 2.05) is 0 Å². The first-order chi connectivity index (χ1) is 5.77. The van der Waals surface area contributed by atoms with Gasteiger partial charge in [-0.1, -0.05) is 6.07 Å². The number of amides is 2. The van der Waals surface area contributed by atoms with Gasteiger partial charge in [-0.05, 0) is 18.2 Å². The first-order valence-electron chi connectivity index (χ1n) is 3.48. The molecule has 0 radical (unpaired) electrons. The Balaban J connectivity index is 2.58. The van der Waals surface area contributed by atoms with Gasteiger partial charge in [0, 0.05) is 11.1 Å². The van der Waals surface area contributed by atoms with Gasteiger partial charge in [-0.25, -0.2) is 0 Å². The van der Waals surface area contributed by atoms with Crippen LogP contribution in [0.15, 0.2) is 24.3 Å². The molecule has 1 aliphatic rings. The van der Waals surface area contributed by atoms with E-state index in [-0.39, 0.29) is 11.8 Å². The van der Waals surface area contributed by atoms with E-state index in [1.165, 1.54) is 0 Å². The summed E-state index contributed by atoms with van der Waals surface area (Å²) >= 11 is 0. The third kappa shape index (κ3) is 0.934. The van der Waals surface area contributed by atoms with Crippen molar-refractivity contribution >= 4 is 11.8 Å². The van der Waals surface area contributed by atoms with E-state index >= 15 is 0 Å². The summed E-state index contributed by atoms with van der Waals surface area (Å²) in [6, 6.07) is 6.53. The largest absolute Gasteiger partial charge is 0.269 e. The van der Waals surface area contributed by atoms with Gasteiger partial charge in [-0.2, -0.15) is 0 Å². The minimum absolute atomic E-state index is 0.289. The van der Waals surface area contributed by atoms with Gasteiger partial charge in [0.1, 0.15) is 0 Å². The molecule has 4 nitrogen and oxygen atoms in total. The SMILES string of the molecule is O=C1NNC(=O)c2cccc1c2. The van der Waals surface area contributed by atoms with Gasteiger partial charge in [0.15, 0.2) is 0 Å². The van der Waals surface area contributed by atoms with Crippen LogP contribution in [-0.4, -0.2) is 11.8 Å². The molecule has 0 spiro atoms. The van der Waals surface area contributed by atoms with Crippen LogP contribution in [-0.2, 0) is 0 Å². The fourth-order valence-corrected chi connectivity index (χ4v) is 1.06. The number of hydrazine groups is 1. The van der Waals surface area contributed by atoms with Crippen LogP contribution in [0.3, 0.4) is 0 Å². The third-order valence-electron chi connectivity index (χ3n) is 1.68. The van der Waals surface area contributed by atoms with Crippen molar-refractivity contribution in [2.75, 3.05) is 0 Å². The Kier molecular flexibility index (Phi) is 1.33. The molecule has 0 saturated heterocycles. The normalized spacial score (nSPS) is 14.7. The quantitative estimate of drug-likeness (QED) is 0.567. The molecular weight excluding hydrogens is 156 g/mol. The van der Waals surface area contributed by atoms with Gasteiger partial charge < -0.3 is 0 Å². The molecule has 4 heteroatoms. The number of carbonyl (C=O) groups is 2. The van der Waals surface area contributed by atoms with Gasteiger partial charge >= 0.3 is 0 Å². The number of nitrogens with one attached hydrogen (secondary N) is 2. The van der Waals surface area contributed by atoms with Crippen LogP contribution < -0.4 is 10.9 Å². The number of benzene rings is 1. The van der Waals surface area contributed by atoms with Crippen molar-refractivity contribution in [1.29, 1.82) is 0 Å². The first-order valence-corrected chi connectivity index (χ1v) is 3.48. The van der Waals surface area contributed by atoms with E-state index in [1.54, 1.807) is 24.3 Å². The predicted molar refractivity (Wildman–Crippen MR) is 41.4 cm³/mol. The summed E-state index contributed by atoms with van der Waals surface area (Å²) in [5, 5.41) is 0. The zero-order valence-electron chi connectivity index (χ0n) is 6.13. The summed E-state index contributed by atoms with van der Waals surface area (Å²) in [6.07, 6.45) is 0. The van der Waals surface area contributed by atoms with Crippen LogP contribution in [0.5, 0.6) is 0 Å². The Labute approximate surface area is 68.5 Å². The van der Waals surface area contributed by atoms with Crippen LogP contribution >= 0.6 is 0 Å². The molecule has 1 aliphatic heterocycles. The van der Waals surface area contributed by atoms with E-state index in [9.17, 15) is 9.59 Å². The summed E-state index contributed by atoms with van der Waals surface area (Å²) in [4.78, 5) is 22.2. The fraction of sp³-hybridized carbons (Fsp3) is 0. The number of hydrogen-bond donors (Lipinski definition) is 2. The molecular formula is C8H6N2O2. The maximum Gasteiger partial charge on any atom is 0.269 e. The molecule has 2 amide bonds. The lowest BCUT2D eigenvalue weighted by molar-refractivity contribution is 0.0855. The first kappa shape index (κ1) is 6.84. The maximum atomic E-state index is 11.1. The molecule has 0 unspecified atom stereocenters. The summed E-state index contributed by atoms with van der Waals surface area (Å²) in [5.74, 6) is -0.578. The predicted octanol–water partition coefficient (Wildman–Crippen LogP) is 0.0748. The fourth-order valence-electron chi connectivity index (χ4n) is 1.06. The van der Waals surface area contributed by atoms with Crippen LogP contribution in [0, 0.1) is 0 Å². The Morgan fingerprint density at radius 2 is 1.42 bits per heavy atom. The molecule has 0 saturated carbocycles. The average Bonchev–Trinajstić information content (AvgIpc) is 2.20. The molecule has 0 aromatic heterocycles. The average molecular weight is 162 g/mol. The number of hydrogen-bond acceptors (Lipinski definition) is 2. The highest BCUT2D eigenvalue weighted by Crippen LogP contribution is 2.06. The van der Waals surface area contributed by atoms with Crippen molar-refractivity contribution in [3.63, 3.8) is 0 Å². The Morgan fingerprint density at radius 3 is 1.92 bits per heavy atom. The monoisotopic (exact) mass is 162 g/mol. The molecule has 12 heavy (non-hydrogen) atoms. The van der Waals surface area contributed by atoms with Crippen molar-refractivity contribution in [3.05, 3.63) is 35.4 Å². The minimum atomic E-state index is -0.289. The summed E-state index contributed by atoms with van der Waals surface area (Å²) in [6.45, 7) is 0. The lowest BCUT2D eigenvalue weighted by Gasteiger charge is -1.99. The van der Waals surface area contributed by atoms with Crippen LogP contribution in [0.1, 0.15) is 20.7 Å². The molecule has 1 aromatic carbocycles. The second-order valence-electron chi connectivity index (χ2n) is 2.49. The van der Waals surface area contributed by atoms with E-state index in [2.05, 4.69) is 10.9 Å². The zero-order chi connectivity index (χ0) is 8.55. The summed E-state index contributed by atoms with van der Waals surface area (Å²) in [5.41, 5.74) is 5.52. The molecule has 0 aliphatic carbocycles. The molecule has 0 fully saturated rings. The van der Waals surface area contributed by atoms with E-state index < -0.39 is 0 Å². The Hall–Kier alpha value is -1.84. The smallest absolute Gasteiger partial charge is 0.267 e. The highest BCUT2D eigenvalue weighted by Gasteiger charge is 2.14. The molecule has 2 N–H and O–H groups in total. The minimum Gasteiger partial charge on any atom is -0.267 e. The van der Waals surface area contributed by atoms with Gasteiger partial charge in [-0.15, -0.1) is 0 Å². The zero-order valence-corrected chi connectivity index (χ0v) is 6.13.